The highest BCUT2D eigenvalue weighted by atomic mass is 19.1. The highest BCUT2D eigenvalue weighted by Gasteiger charge is 2.08. The standard InChI is InChI=1S/C23H23FN4O4/c1-2-30-31-15-3-4-20-21(13-14-26-22(20)25)32-19-11-9-18(10-12-19)28-23(29)27-17-7-5-16(24)6-8-17/h3-14H,2,15H2,1H3,(H2,25,26)(H2,27,28,29)/b4-3+. The average Bonchev–Trinajstić information content (AvgIpc) is 2.78. The molecule has 0 aliphatic carbocycles. The maximum Gasteiger partial charge on any atom is 0.323 e. The molecule has 2 aromatic carbocycles. The van der Waals surface area contributed by atoms with Crippen LogP contribution in [0.2, 0.25) is 0 Å². The summed E-state index contributed by atoms with van der Waals surface area (Å²) in [7, 11) is 0. The number of nitrogens with two attached hydrogens (primary N) is 1. The largest absolute Gasteiger partial charge is 0.457 e. The van der Waals surface area contributed by atoms with Crippen LogP contribution >= 0.6 is 0 Å². The van der Waals surface area contributed by atoms with Crippen molar-refractivity contribution in [3.05, 3.63) is 78.3 Å². The lowest BCUT2D eigenvalue weighted by Crippen LogP contribution is -2.19. The number of urea groups is 1. The first kappa shape index (κ1) is 22.7. The molecule has 0 saturated heterocycles. The van der Waals surface area contributed by atoms with Gasteiger partial charge in [0.1, 0.15) is 29.7 Å². The number of carbonyl (C=O) groups is 1. The maximum absolute atomic E-state index is 13.0. The zero-order chi connectivity index (χ0) is 22.8. The molecule has 0 unspecified atom stereocenters. The van der Waals surface area contributed by atoms with Gasteiger partial charge in [0, 0.05) is 17.6 Å². The summed E-state index contributed by atoms with van der Waals surface area (Å²) in [6.45, 7) is 2.53. The van der Waals surface area contributed by atoms with E-state index >= 15 is 0 Å². The van der Waals surface area contributed by atoms with Crippen molar-refractivity contribution in [2.75, 3.05) is 29.6 Å². The van der Waals surface area contributed by atoms with Gasteiger partial charge in [-0.05, 0) is 67.6 Å². The fraction of sp³-hybridized carbons (Fsp3) is 0.130. The van der Waals surface area contributed by atoms with Gasteiger partial charge < -0.3 is 21.1 Å². The number of ether oxygens (including phenoxy) is 1. The van der Waals surface area contributed by atoms with Gasteiger partial charge >= 0.3 is 6.03 Å². The van der Waals surface area contributed by atoms with Crippen molar-refractivity contribution >= 4 is 29.3 Å². The lowest BCUT2D eigenvalue weighted by Gasteiger charge is -2.11. The number of amides is 2. The van der Waals surface area contributed by atoms with E-state index in [-0.39, 0.29) is 12.4 Å². The van der Waals surface area contributed by atoms with Gasteiger partial charge in [-0.2, -0.15) is 0 Å². The van der Waals surface area contributed by atoms with Crippen LogP contribution in [-0.4, -0.2) is 24.2 Å². The van der Waals surface area contributed by atoms with Gasteiger partial charge in [-0.3, -0.25) is 0 Å². The number of nitrogen functional groups attached to an aromatic ring is 1. The van der Waals surface area contributed by atoms with Crippen LogP contribution in [0, 0.1) is 5.82 Å². The number of nitrogens with zero attached hydrogens (tertiary/aromatic N) is 1. The highest BCUT2D eigenvalue weighted by molar-refractivity contribution is 5.99. The number of hydrogen-bond acceptors (Lipinski definition) is 6. The smallest absolute Gasteiger partial charge is 0.323 e. The van der Waals surface area contributed by atoms with E-state index < -0.39 is 6.03 Å². The molecule has 4 N–H and O–H groups in total. The van der Waals surface area contributed by atoms with Crippen molar-refractivity contribution in [2.24, 2.45) is 0 Å². The quantitative estimate of drug-likeness (QED) is 0.240. The molecule has 3 rings (SSSR count). The summed E-state index contributed by atoms with van der Waals surface area (Å²) in [6.07, 6.45) is 5.03. The molecule has 0 spiro atoms. The SMILES string of the molecule is CCOOC/C=C/c1c(Oc2ccc(NC(=O)Nc3ccc(F)cc3)cc2)ccnc1N. The Morgan fingerprint density at radius 1 is 1.03 bits per heavy atom. The summed E-state index contributed by atoms with van der Waals surface area (Å²) in [5.74, 6) is 0.992. The number of benzene rings is 2. The third-order valence-corrected chi connectivity index (χ3v) is 4.07. The first-order chi connectivity index (χ1) is 15.5. The van der Waals surface area contributed by atoms with E-state index in [1.165, 1.54) is 24.3 Å². The summed E-state index contributed by atoms with van der Waals surface area (Å²) in [6, 6.07) is 13.5. The van der Waals surface area contributed by atoms with Crippen LogP contribution in [-0.2, 0) is 9.78 Å². The number of pyridine rings is 1. The number of rotatable bonds is 9. The zero-order valence-electron chi connectivity index (χ0n) is 17.4. The number of anilines is 3. The molecule has 0 aliphatic rings. The Morgan fingerprint density at radius 3 is 2.34 bits per heavy atom. The van der Waals surface area contributed by atoms with Gasteiger partial charge in [-0.1, -0.05) is 6.08 Å². The summed E-state index contributed by atoms with van der Waals surface area (Å²) in [5.41, 5.74) is 7.61. The zero-order valence-corrected chi connectivity index (χ0v) is 17.4. The predicted octanol–water partition coefficient (Wildman–Crippen LogP) is 5.22. The first-order valence-corrected chi connectivity index (χ1v) is 9.82. The summed E-state index contributed by atoms with van der Waals surface area (Å²) in [4.78, 5) is 25.9. The normalized spacial score (nSPS) is 10.8. The number of nitrogens with one attached hydrogen (secondary N) is 2. The van der Waals surface area contributed by atoms with Gasteiger partial charge in [0.15, 0.2) is 0 Å². The van der Waals surface area contributed by atoms with Crippen molar-refractivity contribution in [3.63, 3.8) is 0 Å². The molecule has 0 radical (unpaired) electrons. The Hall–Kier alpha value is -3.95. The Kier molecular flexibility index (Phi) is 8.13. The average molecular weight is 438 g/mol. The van der Waals surface area contributed by atoms with Crippen LogP contribution < -0.4 is 21.1 Å². The molecule has 166 valence electrons. The number of hydrogen-bond donors (Lipinski definition) is 3. The lowest BCUT2D eigenvalue weighted by atomic mass is 10.2. The van der Waals surface area contributed by atoms with Crippen molar-refractivity contribution < 1.29 is 23.7 Å². The number of aromatic nitrogens is 1. The Bertz CT molecular complexity index is 1060. The monoisotopic (exact) mass is 438 g/mol. The van der Waals surface area contributed by atoms with Gasteiger partial charge in [0.2, 0.25) is 0 Å². The maximum atomic E-state index is 13.0. The fourth-order valence-corrected chi connectivity index (χ4v) is 2.62. The topological polar surface area (TPSA) is 108 Å². The number of halogens is 1. The molecule has 0 atom stereocenters. The van der Waals surface area contributed by atoms with Crippen LogP contribution in [0.5, 0.6) is 11.5 Å². The van der Waals surface area contributed by atoms with Crippen LogP contribution in [0.1, 0.15) is 12.5 Å². The molecule has 8 nitrogen and oxygen atoms in total. The molecule has 32 heavy (non-hydrogen) atoms. The highest BCUT2D eigenvalue weighted by Crippen LogP contribution is 2.29. The van der Waals surface area contributed by atoms with Crippen LogP contribution in [0.25, 0.3) is 6.08 Å². The second-order valence-electron chi connectivity index (χ2n) is 6.41. The first-order valence-electron chi connectivity index (χ1n) is 9.82. The third-order valence-electron chi connectivity index (χ3n) is 4.07. The number of carbonyl (C=O) groups excluding carboxylic acids is 1. The van der Waals surface area contributed by atoms with E-state index in [2.05, 4.69) is 15.6 Å². The molecular formula is C23H23FN4O4. The Labute approximate surface area is 184 Å². The minimum atomic E-state index is -0.450. The lowest BCUT2D eigenvalue weighted by molar-refractivity contribution is -0.282. The van der Waals surface area contributed by atoms with Gasteiger partial charge in [-0.15, -0.1) is 0 Å². The molecule has 2 amide bonds. The van der Waals surface area contributed by atoms with Crippen molar-refractivity contribution in [3.8, 4) is 11.5 Å². The van der Waals surface area contributed by atoms with Gasteiger partial charge in [-0.25, -0.2) is 23.9 Å². The molecule has 1 aromatic heterocycles. The third kappa shape index (κ3) is 6.79. The van der Waals surface area contributed by atoms with E-state index in [1.54, 1.807) is 48.7 Å². The summed E-state index contributed by atoms with van der Waals surface area (Å²) < 4.78 is 18.9. The predicted molar refractivity (Wildman–Crippen MR) is 121 cm³/mol. The van der Waals surface area contributed by atoms with Crippen molar-refractivity contribution in [1.82, 2.24) is 4.98 Å². The molecule has 1 heterocycles. The Morgan fingerprint density at radius 2 is 1.69 bits per heavy atom. The van der Waals surface area contributed by atoms with Crippen molar-refractivity contribution in [2.45, 2.75) is 6.92 Å². The molecule has 0 saturated carbocycles. The van der Waals surface area contributed by atoms with E-state index in [0.717, 1.165) is 0 Å². The van der Waals surface area contributed by atoms with Crippen LogP contribution in [0.15, 0.2) is 66.9 Å². The van der Waals surface area contributed by atoms with Gasteiger partial charge in [0.05, 0.1) is 12.2 Å². The van der Waals surface area contributed by atoms with Gasteiger partial charge in [0.25, 0.3) is 0 Å². The summed E-state index contributed by atoms with van der Waals surface area (Å²) >= 11 is 0. The molecule has 3 aromatic rings. The van der Waals surface area contributed by atoms with Crippen LogP contribution in [0.3, 0.4) is 0 Å². The second kappa shape index (κ2) is 11.4. The van der Waals surface area contributed by atoms with E-state index in [9.17, 15) is 9.18 Å². The minimum Gasteiger partial charge on any atom is -0.457 e. The van der Waals surface area contributed by atoms with Crippen LogP contribution in [0.4, 0.5) is 26.4 Å². The van der Waals surface area contributed by atoms with E-state index in [4.69, 9.17) is 20.2 Å². The molecular weight excluding hydrogens is 415 g/mol. The summed E-state index contributed by atoms with van der Waals surface area (Å²) in [5, 5.41) is 5.32. The van der Waals surface area contributed by atoms with Crippen molar-refractivity contribution in [1.29, 1.82) is 0 Å². The second-order valence-corrected chi connectivity index (χ2v) is 6.41. The molecule has 0 fully saturated rings. The fourth-order valence-electron chi connectivity index (χ4n) is 2.62. The molecule has 0 aliphatic heterocycles. The van der Waals surface area contributed by atoms with E-state index in [0.29, 0.717) is 40.9 Å². The minimum absolute atomic E-state index is 0.252. The Balaban J connectivity index is 1.61. The van der Waals surface area contributed by atoms with E-state index in [1.807, 2.05) is 6.92 Å². The molecule has 0 bridgehead atoms. The molecule has 9 heteroatoms.